The molecule has 4 heteroatoms. The zero-order valence-corrected chi connectivity index (χ0v) is 10.4. The van der Waals surface area contributed by atoms with Crippen molar-refractivity contribution in [3.63, 3.8) is 0 Å². The van der Waals surface area contributed by atoms with Crippen molar-refractivity contribution in [3.05, 3.63) is 35.4 Å². The molecular formula is C13H20N2O2. The third-order valence-electron chi connectivity index (χ3n) is 3.14. The molecule has 0 saturated heterocycles. The Morgan fingerprint density at radius 1 is 1.35 bits per heavy atom. The van der Waals surface area contributed by atoms with Gasteiger partial charge in [0.1, 0.15) is 0 Å². The summed E-state index contributed by atoms with van der Waals surface area (Å²) in [5.74, 6) is -0.341. The molecule has 0 aliphatic carbocycles. The summed E-state index contributed by atoms with van der Waals surface area (Å²) in [5.41, 5.74) is 6.62. The van der Waals surface area contributed by atoms with E-state index in [1.54, 1.807) is 6.92 Å². The molecule has 0 bridgehead atoms. The van der Waals surface area contributed by atoms with Crippen LogP contribution in [-0.2, 0) is 17.9 Å². The molecule has 0 saturated carbocycles. The quantitative estimate of drug-likeness (QED) is 0.687. The summed E-state index contributed by atoms with van der Waals surface area (Å²) in [6, 6.07) is 7.58. The number of hydrogen-bond donors (Lipinski definition) is 3. The van der Waals surface area contributed by atoms with Gasteiger partial charge in [-0.05, 0) is 24.5 Å². The van der Waals surface area contributed by atoms with Crippen LogP contribution in [0.2, 0.25) is 0 Å². The molecular weight excluding hydrogens is 216 g/mol. The van der Waals surface area contributed by atoms with E-state index in [0.717, 1.165) is 11.1 Å². The number of nitrogens with one attached hydrogen (secondary N) is 1. The van der Waals surface area contributed by atoms with Gasteiger partial charge in [-0.25, -0.2) is 0 Å². The third-order valence-corrected chi connectivity index (χ3v) is 3.14. The fraction of sp³-hybridized carbons (Fsp3) is 0.462. The summed E-state index contributed by atoms with van der Waals surface area (Å²) in [6.45, 7) is 4.35. The molecule has 0 radical (unpaired) electrons. The lowest BCUT2D eigenvalue weighted by Crippen LogP contribution is -2.52. The fourth-order valence-electron chi connectivity index (χ4n) is 1.45. The van der Waals surface area contributed by atoms with Crippen LogP contribution < -0.4 is 11.1 Å². The summed E-state index contributed by atoms with van der Waals surface area (Å²) < 4.78 is 0. The topological polar surface area (TPSA) is 75.3 Å². The van der Waals surface area contributed by atoms with Crippen molar-refractivity contribution in [2.45, 2.75) is 39.0 Å². The van der Waals surface area contributed by atoms with Crippen molar-refractivity contribution >= 4 is 5.91 Å². The molecule has 1 amide bonds. The highest BCUT2D eigenvalue weighted by molar-refractivity contribution is 5.84. The van der Waals surface area contributed by atoms with E-state index in [1.165, 1.54) is 0 Å². The number of benzene rings is 1. The van der Waals surface area contributed by atoms with E-state index in [2.05, 4.69) is 5.32 Å². The number of nitrogens with two attached hydrogens (primary N) is 1. The Morgan fingerprint density at radius 3 is 2.29 bits per heavy atom. The number of primary amides is 1. The second kappa shape index (κ2) is 5.80. The number of aliphatic hydroxyl groups excluding tert-OH is 1. The predicted molar refractivity (Wildman–Crippen MR) is 67.1 cm³/mol. The van der Waals surface area contributed by atoms with Gasteiger partial charge in [-0.3, -0.25) is 10.1 Å². The van der Waals surface area contributed by atoms with Crippen molar-refractivity contribution in [1.29, 1.82) is 0 Å². The van der Waals surface area contributed by atoms with Crippen LogP contribution in [0.1, 0.15) is 31.4 Å². The maximum Gasteiger partial charge on any atom is 0.237 e. The highest BCUT2D eigenvalue weighted by Crippen LogP contribution is 2.11. The first kappa shape index (κ1) is 13.7. The van der Waals surface area contributed by atoms with Gasteiger partial charge in [-0.15, -0.1) is 0 Å². The van der Waals surface area contributed by atoms with Crippen molar-refractivity contribution in [2.75, 3.05) is 0 Å². The summed E-state index contributed by atoms with van der Waals surface area (Å²) in [7, 11) is 0. The summed E-state index contributed by atoms with van der Waals surface area (Å²) >= 11 is 0. The van der Waals surface area contributed by atoms with E-state index < -0.39 is 5.54 Å². The van der Waals surface area contributed by atoms with Crippen molar-refractivity contribution in [2.24, 2.45) is 5.73 Å². The van der Waals surface area contributed by atoms with Crippen LogP contribution in [0.15, 0.2) is 24.3 Å². The molecule has 1 atom stereocenters. The standard InChI is InChI=1S/C13H20N2O2/c1-3-13(2,12(14)17)15-8-10-4-6-11(9-16)7-5-10/h4-7,15-16H,3,8-9H2,1-2H3,(H2,14,17). The zero-order chi connectivity index (χ0) is 12.9. The van der Waals surface area contributed by atoms with Crippen LogP contribution in [-0.4, -0.2) is 16.6 Å². The van der Waals surface area contributed by atoms with E-state index in [4.69, 9.17) is 10.8 Å². The number of rotatable bonds is 6. The van der Waals surface area contributed by atoms with Gasteiger partial charge >= 0.3 is 0 Å². The Morgan fingerprint density at radius 2 is 1.88 bits per heavy atom. The molecule has 94 valence electrons. The van der Waals surface area contributed by atoms with E-state index in [1.807, 2.05) is 31.2 Å². The van der Waals surface area contributed by atoms with Gasteiger partial charge in [0, 0.05) is 6.54 Å². The summed E-state index contributed by atoms with van der Waals surface area (Å²) in [6.07, 6.45) is 0.650. The molecule has 1 aromatic rings. The predicted octanol–water partition coefficient (Wildman–Crippen LogP) is 0.923. The Kier molecular flexibility index (Phi) is 4.66. The first-order valence-electron chi connectivity index (χ1n) is 5.75. The largest absolute Gasteiger partial charge is 0.392 e. The molecule has 0 heterocycles. The van der Waals surface area contributed by atoms with E-state index >= 15 is 0 Å². The van der Waals surface area contributed by atoms with Crippen molar-refractivity contribution < 1.29 is 9.90 Å². The van der Waals surface area contributed by atoms with E-state index in [-0.39, 0.29) is 12.5 Å². The average Bonchev–Trinajstić information content (AvgIpc) is 2.36. The Balaban J connectivity index is 2.63. The summed E-state index contributed by atoms with van der Waals surface area (Å²) in [5, 5.41) is 12.1. The molecule has 0 aromatic heterocycles. The molecule has 1 aromatic carbocycles. The summed E-state index contributed by atoms with van der Waals surface area (Å²) in [4.78, 5) is 11.3. The highest BCUT2D eigenvalue weighted by atomic mass is 16.3. The fourth-order valence-corrected chi connectivity index (χ4v) is 1.45. The maximum absolute atomic E-state index is 11.3. The van der Waals surface area contributed by atoms with Crippen LogP contribution in [0.25, 0.3) is 0 Å². The monoisotopic (exact) mass is 236 g/mol. The first-order valence-corrected chi connectivity index (χ1v) is 5.75. The minimum Gasteiger partial charge on any atom is -0.392 e. The minimum absolute atomic E-state index is 0.0433. The molecule has 0 spiro atoms. The number of aliphatic hydroxyl groups is 1. The van der Waals surface area contributed by atoms with Gasteiger partial charge in [-0.2, -0.15) is 0 Å². The average molecular weight is 236 g/mol. The Labute approximate surface area is 102 Å². The van der Waals surface area contributed by atoms with Crippen LogP contribution in [0.4, 0.5) is 0 Å². The molecule has 4 N–H and O–H groups in total. The lowest BCUT2D eigenvalue weighted by atomic mass is 9.97. The highest BCUT2D eigenvalue weighted by Gasteiger charge is 2.27. The second-order valence-corrected chi connectivity index (χ2v) is 4.38. The maximum atomic E-state index is 11.3. The normalized spacial score (nSPS) is 14.3. The molecule has 1 rings (SSSR count). The van der Waals surface area contributed by atoms with Crippen LogP contribution >= 0.6 is 0 Å². The minimum atomic E-state index is -0.671. The van der Waals surface area contributed by atoms with Crippen LogP contribution in [0.5, 0.6) is 0 Å². The van der Waals surface area contributed by atoms with Gasteiger partial charge in [0.2, 0.25) is 5.91 Å². The number of carbonyl (C=O) groups is 1. The molecule has 17 heavy (non-hydrogen) atoms. The number of hydrogen-bond acceptors (Lipinski definition) is 3. The smallest absolute Gasteiger partial charge is 0.237 e. The number of carbonyl (C=O) groups excluding carboxylic acids is 1. The SMILES string of the molecule is CCC(C)(NCc1ccc(CO)cc1)C(N)=O. The van der Waals surface area contributed by atoms with Crippen molar-refractivity contribution in [3.8, 4) is 0 Å². The molecule has 0 aliphatic rings. The second-order valence-electron chi connectivity index (χ2n) is 4.38. The van der Waals surface area contributed by atoms with Gasteiger partial charge in [0.05, 0.1) is 12.1 Å². The van der Waals surface area contributed by atoms with Crippen LogP contribution in [0, 0.1) is 0 Å². The lowest BCUT2D eigenvalue weighted by molar-refractivity contribution is -0.124. The van der Waals surface area contributed by atoms with Crippen LogP contribution in [0.3, 0.4) is 0 Å². The number of amides is 1. The Bertz CT molecular complexity index is 376. The Hall–Kier alpha value is -1.39. The van der Waals surface area contributed by atoms with E-state index in [9.17, 15) is 4.79 Å². The van der Waals surface area contributed by atoms with Gasteiger partial charge in [0.15, 0.2) is 0 Å². The van der Waals surface area contributed by atoms with Gasteiger partial charge in [0.25, 0.3) is 0 Å². The molecule has 4 nitrogen and oxygen atoms in total. The first-order chi connectivity index (χ1) is 8.01. The third kappa shape index (κ3) is 3.54. The lowest BCUT2D eigenvalue weighted by Gasteiger charge is -2.26. The van der Waals surface area contributed by atoms with Gasteiger partial charge in [-0.1, -0.05) is 31.2 Å². The molecule has 0 aliphatic heterocycles. The van der Waals surface area contributed by atoms with Gasteiger partial charge < -0.3 is 10.8 Å². The van der Waals surface area contributed by atoms with Crippen molar-refractivity contribution in [1.82, 2.24) is 5.32 Å². The zero-order valence-electron chi connectivity index (χ0n) is 10.4. The molecule has 0 fully saturated rings. The molecule has 1 unspecified atom stereocenters. The van der Waals surface area contributed by atoms with E-state index in [0.29, 0.717) is 13.0 Å².